The van der Waals surface area contributed by atoms with Crippen molar-refractivity contribution in [2.24, 2.45) is 5.73 Å². The number of non-ortho nitro benzene ring substituents is 1. The lowest BCUT2D eigenvalue weighted by atomic mass is 10.1. The Balaban J connectivity index is 2.91. The molecule has 1 unspecified atom stereocenters. The summed E-state index contributed by atoms with van der Waals surface area (Å²) in [7, 11) is 0. The second-order valence-electron chi connectivity index (χ2n) is 5.93. The van der Waals surface area contributed by atoms with Crippen LogP contribution in [0.1, 0.15) is 23.7 Å². The molecule has 0 heterocycles. The zero-order valence-electron chi connectivity index (χ0n) is 16.1. The van der Waals surface area contributed by atoms with Crippen LogP contribution in [0.5, 0.6) is 0 Å². The van der Waals surface area contributed by atoms with Gasteiger partial charge in [-0.05, 0) is 31.4 Å². The molecule has 12 heteroatoms. The molecule has 0 aromatic heterocycles. The fourth-order valence-corrected chi connectivity index (χ4v) is 2.93. The van der Waals surface area contributed by atoms with Gasteiger partial charge in [0.25, 0.3) is 11.6 Å². The highest BCUT2D eigenvalue weighted by Gasteiger charge is 2.25. The molecule has 0 aliphatic rings. The van der Waals surface area contributed by atoms with Crippen LogP contribution in [0.25, 0.3) is 0 Å². The van der Waals surface area contributed by atoms with Gasteiger partial charge in [-0.15, -0.1) is 0 Å². The van der Waals surface area contributed by atoms with Gasteiger partial charge >= 0.3 is 5.97 Å². The van der Waals surface area contributed by atoms with Crippen LogP contribution in [0, 0.1) is 21.4 Å². The number of rotatable bonds is 10. The Morgan fingerprint density at radius 3 is 2.60 bits per heavy atom. The molecule has 3 N–H and O–H groups in total. The third-order valence-corrected chi connectivity index (χ3v) is 4.70. The first kappa shape index (κ1) is 24.9. The number of nitrogens with two attached hydrogens (primary N) is 1. The Bertz CT molecular complexity index is 924. The number of halogens is 1. The first-order valence-electron chi connectivity index (χ1n) is 8.42. The van der Waals surface area contributed by atoms with Gasteiger partial charge in [0, 0.05) is 17.8 Å². The molecular weight excluding hydrogens is 436 g/mol. The number of ether oxygens (including phenoxy) is 1. The highest BCUT2D eigenvalue weighted by molar-refractivity contribution is 7.98. The molecule has 0 aliphatic heterocycles. The average Bonchev–Trinajstić information content (AvgIpc) is 2.69. The molecule has 10 nitrogen and oxygen atoms in total. The number of carbonyl (C=O) groups is 3. The zero-order valence-corrected chi connectivity index (χ0v) is 17.7. The molecule has 0 saturated carbocycles. The minimum atomic E-state index is -1.10. The second kappa shape index (κ2) is 11.8. The van der Waals surface area contributed by atoms with Crippen molar-refractivity contribution in [1.29, 1.82) is 5.26 Å². The molecule has 30 heavy (non-hydrogen) atoms. The van der Waals surface area contributed by atoms with Crippen LogP contribution in [0.4, 0.5) is 5.69 Å². The van der Waals surface area contributed by atoms with Gasteiger partial charge in [0.15, 0.2) is 6.61 Å². The van der Waals surface area contributed by atoms with Gasteiger partial charge in [0.05, 0.1) is 15.5 Å². The number of hydrogen-bond acceptors (Lipinski definition) is 9. The molecule has 0 aliphatic carbocycles. The Morgan fingerprint density at radius 1 is 1.43 bits per heavy atom. The molecule has 0 fully saturated rings. The lowest BCUT2D eigenvalue weighted by Crippen LogP contribution is -2.43. The largest absolute Gasteiger partial charge is 0.456 e. The van der Waals surface area contributed by atoms with E-state index >= 15 is 0 Å². The van der Waals surface area contributed by atoms with Crippen LogP contribution in [0.15, 0.2) is 29.5 Å². The van der Waals surface area contributed by atoms with E-state index < -0.39 is 35.2 Å². The van der Waals surface area contributed by atoms with Crippen molar-refractivity contribution >= 4 is 46.7 Å². The Kier molecular flexibility index (Phi) is 9.80. The lowest BCUT2D eigenvalue weighted by molar-refractivity contribution is -0.384. The van der Waals surface area contributed by atoms with Crippen LogP contribution >= 0.6 is 23.4 Å². The van der Waals surface area contributed by atoms with E-state index in [0.29, 0.717) is 5.75 Å². The van der Waals surface area contributed by atoms with Crippen LogP contribution in [0.3, 0.4) is 0 Å². The van der Waals surface area contributed by atoms with Crippen molar-refractivity contribution in [1.82, 2.24) is 5.32 Å². The fourth-order valence-electron chi connectivity index (χ4n) is 2.20. The number of thioether (sulfide) groups is 1. The predicted octanol–water partition coefficient (Wildman–Crippen LogP) is 1.97. The summed E-state index contributed by atoms with van der Waals surface area (Å²) in [6, 6.07) is 3.84. The third-order valence-electron chi connectivity index (χ3n) is 3.74. The highest BCUT2D eigenvalue weighted by Crippen LogP contribution is 2.22. The predicted molar refractivity (Wildman–Crippen MR) is 111 cm³/mol. The Hall–Kier alpha value is -3.10. The number of nitrogens with zero attached hydrogens (tertiary/aromatic N) is 2. The number of nitrogens with one attached hydrogen (secondary N) is 1. The molecule has 1 atom stereocenters. The summed E-state index contributed by atoms with van der Waals surface area (Å²) in [6.07, 6.45) is 2.00. The van der Waals surface area contributed by atoms with E-state index in [4.69, 9.17) is 27.3 Å². The molecular formula is C18H19ClN4O6S. The maximum Gasteiger partial charge on any atom is 0.329 e. The Labute approximate surface area is 181 Å². The van der Waals surface area contributed by atoms with E-state index in [0.717, 1.165) is 12.1 Å². The molecule has 0 saturated heterocycles. The first-order chi connectivity index (χ1) is 14.1. The van der Waals surface area contributed by atoms with Crippen molar-refractivity contribution in [3.8, 4) is 6.07 Å². The van der Waals surface area contributed by atoms with Gasteiger partial charge in [0.1, 0.15) is 17.7 Å². The molecule has 0 bridgehead atoms. The second-order valence-corrected chi connectivity index (χ2v) is 7.32. The Morgan fingerprint density at radius 2 is 2.10 bits per heavy atom. The molecule has 1 aromatic carbocycles. The van der Waals surface area contributed by atoms with E-state index in [1.54, 1.807) is 12.3 Å². The summed E-state index contributed by atoms with van der Waals surface area (Å²) in [5.74, 6) is -1.89. The van der Waals surface area contributed by atoms with E-state index in [2.05, 4.69) is 5.32 Å². The average molecular weight is 455 g/mol. The van der Waals surface area contributed by atoms with Crippen LogP contribution in [-0.2, 0) is 14.3 Å². The van der Waals surface area contributed by atoms with Crippen LogP contribution in [-0.4, -0.2) is 47.2 Å². The lowest BCUT2D eigenvalue weighted by Gasteiger charge is -2.17. The molecule has 1 amide bonds. The third kappa shape index (κ3) is 7.06. The van der Waals surface area contributed by atoms with Crippen molar-refractivity contribution in [2.45, 2.75) is 19.4 Å². The summed E-state index contributed by atoms with van der Waals surface area (Å²) in [6.45, 7) is 0.661. The molecule has 1 rings (SSSR count). The highest BCUT2D eigenvalue weighted by atomic mass is 35.5. The quantitative estimate of drug-likeness (QED) is 0.176. The number of allylic oxidation sites excluding steroid dienone is 1. The van der Waals surface area contributed by atoms with E-state index in [-0.39, 0.29) is 34.0 Å². The topological polar surface area (TPSA) is 165 Å². The molecule has 1 aromatic rings. The van der Waals surface area contributed by atoms with Crippen molar-refractivity contribution in [3.63, 3.8) is 0 Å². The van der Waals surface area contributed by atoms with Gasteiger partial charge in [-0.2, -0.15) is 17.0 Å². The van der Waals surface area contributed by atoms with E-state index in [1.807, 2.05) is 0 Å². The summed E-state index contributed by atoms with van der Waals surface area (Å²) < 4.78 is 4.94. The first-order valence-corrected chi connectivity index (χ1v) is 10.2. The minimum absolute atomic E-state index is 0.00130. The van der Waals surface area contributed by atoms with Gasteiger partial charge in [-0.1, -0.05) is 11.6 Å². The minimum Gasteiger partial charge on any atom is -0.456 e. The summed E-state index contributed by atoms with van der Waals surface area (Å²) in [5.41, 5.74) is 4.77. The number of nitro benzene ring substituents is 1. The van der Waals surface area contributed by atoms with Gasteiger partial charge < -0.3 is 15.8 Å². The maximum absolute atomic E-state index is 12.5. The number of esters is 1. The maximum atomic E-state index is 12.5. The molecule has 0 radical (unpaired) electrons. The summed E-state index contributed by atoms with van der Waals surface area (Å²) >= 11 is 7.36. The number of nitriles is 1. The number of Topliss-reactive ketones (excluding diaryl/α,β-unsaturated/α-hetero) is 1. The van der Waals surface area contributed by atoms with Crippen molar-refractivity contribution < 1.29 is 24.0 Å². The fraction of sp³-hybridized carbons (Fsp3) is 0.333. The van der Waals surface area contributed by atoms with E-state index in [1.165, 1.54) is 24.8 Å². The van der Waals surface area contributed by atoms with Crippen molar-refractivity contribution in [3.05, 3.63) is 50.2 Å². The van der Waals surface area contributed by atoms with Gasteiger partial charge in [-0.3, -0.25) is 19.7 Å². The van der Waals surface area contributed by atoms with Crippen molar-refractivity contribution in [2.75, 3.05) is 18.6 Å². The SMILES string of the molecule is CSCCC(NC(=O)c1ccc([N+](=O)[O-])cc1Cl)C(=O)OCC(=O)/C(C#N)=C(\C)N. The number of hydrogen-bond donors (Lipinski definition) is 2. The smallest absolute Gasteiger partial charge is 0.329 e. The number of nitro groups is 1. The monoisotopic (exact) mass is 454 g/mol. The number of carbonyl (C=O) groups excluding carboxylic acids is 3. The van der Waals surface area contributed by atoms with Gasteiger partial charge in [0.2, 0.25) is 5.78 Å². The summed E-state index contributed by atoms with van der Waals surface area (Å²) in [5, 5.41) is 22.0. The molecule has 0 spiro atoms. The standard InChI is InChI=1S/C18H19ClN4O6S/c1-10(21)13(8-20)16(24)9-29-18(26)15(5-6-30-2)22-17(25)12-4-3-11(23(27)28)7-14(12)19/h3-4,7,15H,5-6,9,21H2,1-2H3,(H,22,25)/b13-10+. The number of benzene rings is 1. The molecule has 160 valence electrons. The number of amides is 1. The van der Waals surface area contributed by atoms with Crippen LogP contribution in [0.2, 0.25) is 5.02 Å². The van der Waals surface area contributed by atoms with E-state index in [9.17, 15) is 24.5 Å². The zero-order chi connectivity index (χ0) is 22.8. The number of ketones is 1. The van der Waals surface area contributed by atoms with Crippen LogP contribution < -0.4 is 11.1 Å². The normalized spacial score (nSPS) is 12.2. The summed E-state index contributed by atoms with van der Waals surface area (Å²) in [4.78, 5) is 46.9. The van der Waals surface area contributed by atoms with Gasteiger partial charge in [-0.25, -0.2) is 4.79 Å².